The number of hydrogen-bond donors (Lipinski definition) is 2. The number of carbonyl (C=O) groups excluding carboxylic acids is 1. The molecule has 4 nitrogen and oxygen atoms in total. The molecule has 15 heavy (non-hydrogen) atoms. The van der Waals surface area contributed by atoms with E-state index in [4.69, 9.17) is 10.2 Å². The monoisotopic (exact) mass is 210 g/mol. The van der Waals surface area contributed by atoms with Crippen molar-refractivity contribution in [3.63, 3.8) is 0 Å². The second-order valence-corrected chi connectivity index (χ2v) is 4.40. The average Bonchev–Trinajstić information content (AvgIpc) is 2.67. The third-order valence-corrected chi connectivity index (χ3v) is 2.33. The van der Waals surface area contributed by atoms with E-state index in [1.807, 2.05) is 0 Å². The molecule has 0 radical (unpaired) electrons. The molecule has 0 aliphatic carbocycles. The molecule has 0 atom stereocenters. The van der Waals surface area contributed by atoms with Crippen LogP contribution in [-0.2, 0) is 0 Å². The lowest BCUT2D eigenvalue weighted by molar-refractivity contribution is 0.0934. The normalized spacial score (nSPS) is 11.4. The fraction of sp³-hybridized carbons (Fsp3) is 0.545. The van der Waals surface area contributed by atoms with Crippen LogP contribution in [0.4, 0.5) is 0 Å². The summed E-state index contributed by atoms with van der Waals surface area (Å²) in [7, 11) is 0. The molecule has 0 bridgehead atoms. The summed E-state index contributed by atoms with van der Waals surface area (Å²) in [6, 6.07) is 1.64. The van der Waals surface area contributed by atoms with E-state index in [0.29, 0.717) is 18.7 Å². The number of amides is 1. The highest BCUT2D eigenvalue weighted by Gasteiger charge is 2.18. The van der Waals surface area contributed by atoms with Crippen molar-refractivity contribution >= 4 is 5.91 Å². The minimum atomic E-state index is -0.103. The third kappa shape index (κ3) is 3.75. The number of carbonyl (C=O) groups is 1. The largest absolute Gasteiger partial charge is 0.472 e. The molecule has 0 aliphatic rings. The lowest BCUT2D eigenvalue weighted by atomic mass is 9.89. The Kier molecular flexibility index (Phi) is 3.91. The molecule has 3 N–H and O–H groups in total. The molecule has 1 rings (SSSR count). The molecule has 0 saturated carbocycles. The van der Waals surface area contributed by atoms with Crippen molar-refractivity contribution in [1.82, 2.24) is 5.32 Å². The van der Waals surface area contributed by atoms with Gasteiger partial charge in [-0.1, -0.05) is 13.8 Å². The SMILES string of the molecule is CC(C)(CCN)CNC(=O)c1ccoc1. The van der Waals surface area contributed by atoms with Crippen molar-refractivity contribution < 1.29 is 9.21 Å². The predicted molar refractivity (Wildman–Crippen MR) is 58.5 cm³/mol. The Morgan fingerprint density at radius 2 is 2.33 bits per heavy atom. The van der Waals surface area contributed by atoms with Crippen LogP contribution in [0.3, 0.4) is 0 Å². The Morgan fingerprint density at radius 3 is 2.87 bits per heavy atom. The third-order valence-electron chi connectivity index (χ3n) is 2.33. The summed E-state index contributed by atoms with van der Waals surface area (Å²) in [5.41, 5.74) is 6.08. The first kappa shape index (κ1) is 11.8. The number of nitrogens with two attached hydrogens (primary N) is 1. The Balaban J connectivity index is 2.40. The van der Waals surface area contributed by atoms with Crippen LogP contribution in [0.2, 0.25) is 0 Å². The van der Waals surface area contributed by atoms with E-state index < -0.39 is 0 Å². The molecular formula is C11H18N2O2. The van der Waals surface area contributed by atoms with Crippen molar-refractivity contribution in [1.29, 1.82) is 0 Å². The molecule has 84 valence electrons. The van der Waals surface area contributed by atoms with E-state index in [9.17, 15) is 4.79 Å². The van der Waals surface area contributed by atoms with Crippen molar-refractivity contribution in [3.05, 3.63) is 24.2 Å². The van der Waals surface area contributed by atoms with Gasteiger partial charge in [0, 0.05) is 6.54 Å². The van der Waals surface area contributed by atoms with Gasteiger partial charge < -0.3 is 15.5 Å². The number of rotatable bonds is 5. The number of hydrogen-bond acceptors (Lipinski definition) is 3. The van der Waals surface area contributed by atoms with Gasteiger partial charge in [-0.15, -0.1) is 0 Å². The molecule has 0 saturated heterocycles. The van der Waals surface area contributed by atoms with Gasteiger partial charge in [-0.3, -0.25) is 4.79 Å². The number of nitrogens with one attached hydrogen (secondary N) is 1. The highest BCUT2D eigenvalue weighted by atomic mass is 16.3. The van der Waals surface area contributed by atoms with Crippen LogP contribution in [0.25, 0.3) is 0 Å². The lowest BCUT2D eigenvalue weighted by Gasteiger charge is -2.23. The van der Waals surface area contributed by atoms with Crippen LogP contribution in [0.15, 0.2) is 23.0 Å². The second kappa shape index (κ2) is 4.98. The maximum atomic E-state index is 11.6. The van der Waals surface area contributed by atoms with E-state index in [-0.39, 0.29) is 11.3 Å². The summed E-state index contributed by atoms with van der Waals surface area (Å²) in [4.78, 5) is 11.6. The zero-order chi connectivity index (χ0) is 11.3. The van der Waals surface area contributed by atoms with Crippen molar-refractivity contribution in [2.45, 2.75) is 20.3 Å². The number of furan rings is 1. The van der Waals surface area contributed by atoms with Gasteiger partial charge in [0.1, 0.15) is 6.26 Å². The molecule has 4 heteroatoms. The van der Waals surface area contributed by atoms with E-state index in [2.05, 4.69) is 19.2 Å². The Hall–Kier alpha value is -1.29. The Labute approximate surface area is 89.8 Å². The zero-order valence-electron chi connectivity index (χ0n) is 9.25. The maximum absolute atomic E-state index is 11.6. The molecule has 1 aromatic heterocycles. The fourth-order valence-corrected chi connectivity index (χ4v) is 1.29. The van der Waals surface area contributed by atoms with E-state index >= 15 is 0 Å². The van der Waals surface area contributed by atoms with E-state index in [0.717, 1.165) is 6.42 Å². The summed E-state index contributed by atoms with van der Waals surface area (Å²) in [6.07, 6.45) is 3.81. The molecule has 1 aromatic rings. The van der Waals surface area contributed by atoms with Crippen molar-refractivity contribution in [3.8, 4) is 0 Å². The molecule has 0 spiro atoms. The topological polar surface area (TPSA) is 68.3 Å². The van der Waals surface area contributed by atoms with Gasteiger partial charge in [0.25, 0.3) is 5.91 Å². The lowest BCUT2D eigenvalue weighted by Crippen LogP contribution is -2.35. The maximum Gasteiger partial charge on any atom is 0.254 e. The second-order valence-electron chi connectivity index (χ2n) is 4.40. The van der Waals surface area contributed by atoms with Crippen LogP contribution >= 0.6 is 0 Å². The molecule has 0 unspecified atom stereocenters. The molecule has 1 heterocycles. The minimum absolute atomic E-state index is 0.0359. The fourth-order valence-electron chi connectivity index (χ4n) is 1.29. The van der Waals surface area contributed by atoms with Gasteiger partial charge >= 0.3 is 0 Å². The summed E-state index contributed by atoms with van der Waals surface area (Å²) in [6.45, 7) is 5.41. The van der Waals surface area contributed by atoms with Crippen LogP contribution < -0.4 is 11.1 Å². The molecular weight excluding hydrogens is 192 g/mol. The molecule has 0 aliphatic heterocycles. The highest BCUT2D eigenvalue weighted by Crippen LogP contribution is 2.17. The summed E-state index contributed by atoms with van der Waals surface area (Å²) < 4.78 is 4.83. The van der Waals surface area contributed by atoms with Crippen LogP contribution in [0, 0.1) is 5.41 Å². The molecule has 0 fully saturated rings. The molecule has 1 amide bonds. The van der Waals surface area contributed by atoms with Crippen molar-refractivity contribution in [2.24, 2.45) is 11.1 Å². The quantitative estimate of drug-likeness (QED) is 0.771. The van der Waals surface area contributed by atoms with Gasteiger partial charge in [0.05, 0.1) is 11.8 Å². The zero-order valence-corrected chi connectivity index (χ0v) is 9.25. The summed E-state index contributed by atoms with van der Waals surface area (Å²) in [5, 5.41) is 2.86. The van der Waals surface area contributed by atoms with Gasteiger partial charge in [-0.2, -0.15) is 0 Å². The van der Waals surface area contributed by atoms with Gasteiger partial charge in [-0.25, -0.2) is 0 Å². The highest BCUT2D eigenvalue weighted by molar-refractivity contribution is 5.93. The average molecular weight is 210 g/mol. The van der Waals surface area contributed by atoms with E-state index in [1.165, 1.54) is 12.5 Å². The first-order chi connectivity index (χ1) is 7.05. The van der Waals surface area contributed by atoms with Gasteiger partial charge in [0.2, 0.25) is 0 Å². The standard InChI is InChI=1S/C11H18N2O2/c1-11(2,4-5-12)8-13-10(14)9-3-6-15-7-9/h3,6-7H,4-5,8,12H2,1-2H3,(H,13,14). The van der Waals surface area contributed by atoms with E-state index in [1.54, 1.807) is 6.07 Å². The first-order valence-corrected chi connectivity index (χ1v) is 5.06. The summed E-state index contributed by atoms with van der Waals surface area (Å²) >= 11 is 0. The predicted octanol–water partition coefficient (Wildman–Crippen LogP) is 1.38. The van der Waals surface area contributed by atoms with Gasteiger partial charge in [0.15, 0.2) is 0 Å². The van der Waals surface area contributed by atoms with Gasteiger partial charge in [-0.05, 0) is 24.4 Å². The molecule has 0 aromatic carbocycles. The minimum Gasteiger partial charge on any atom is -0.472 e. The van der Waals surface area contributed by atoms with Crippen LogP contribution in [-0.4, -0.2) is 19.0 Å². The van der Waals surface area contributed by atoms with Crippen LogP contribution in [0.5, 0.6) is 0 Å². The Bertz CT molecular complexity index is 304. The van der Waals surface area contributed by atoms with Crippen molar-refractivity contribution in [2.75, 3.05) is 13.1 Å². The summed E-state index contributed by atoms with van der Waals surface area (Å²) in [5.74, 6) is -0.103. The van der Waals surface area contributed by atoms with Crippen LogP contribution in [0.1, 0.15) is 30.6 Å². The smallest absolute Gasteiger partial charge is 0.254 e. The Morgan fingerprint density at radius 1 is 1.60 bits per heavy atom. The first-order valence-electron chi connectivity index (χ1n) is 5.06.